The van der Waals surface area contributed by atoms with Crippen LogP contribution in [0.2, 0.25) is 5.02 Å². The van der Waals surface area contributed by atoms with Crippen LogP contribution in [0.15, 0.2) is 6.08 Å². The van der Waals surface area contributed by atoms with E-state index >= 15 is 0 Å². The Morgan fingerprint density at radius 1 is 1.57 bits per heavy atom. The Morgan fingerprint density at radius 2 is 2.21 bits per heavy atom. The van der Waals surface area contributed by atoms with Crippen LogP contribution in [0.1, 0.15) is 33.5 Å². The summed E-state index contributed by atoms with van der Waals surface area (Å²) >= 11 is 12.7. The van der Waals surface area contributed by atoms with Gasteiger partial charge in [0.25, 0.3) is 5.24 Å². The molecule has 0 amide bonds. The van der Waals surface area contributed by atoms with E-state index < -0.39 is 5.24 Å². The van der Waals surface area contributed by atoms with E-state index in [1.807, 2.05) is 26.0 Å². The highest BCUT2D eigenvalue weighted by Gasteiger charge is 2.16. The van der Waals surface area contributed by atoms with E-state index in [-0.39, 0.29) is 0 Å². The third kappa shape index (κ3) is 2.38. The summed E-state index contributed by atoms with van der Waals surface area (Å²) in [6.45, 7) is 3.97. The van der Waals surface area contributed by atoms with Crippen molar-refractivity contribution in [1.82, 2.24) is 0 Å². The Kier molecular flexibility index (Phi) is 4.17. The smallest absolute Gasteiger partial charge is 0.263 e. The summed E-state index contributed by atoms with van der Waals surface area (Å²) in [5, 5.41) is -0.0172. The van der Waals surface area contributed by atoms with Gasteiger partial charge in [-0.3, -0.25) is 4.79 Å². The van der Waals surface area contributed by atoms with Crippen LogP contribution in [0, 0.1) is 6.92 Å². The molecule has 4 heteroatoms. The average Bonchev–Trinajstić information content (AvgIpc) is 2.40. The van der Waals surface area contributed by atoms with Crippen molar-refractivity contribution < 1.29 is 4.79 Å². The van der Waals surface area contributed by atoms with Crippen LogP contribution in [-0.2, 0) is 0 Å². The van der Waals surface area contributed by atoms with E-state index in [9.17, 15) is 4.79 Å². The third-order valence-electron chi connectivity index (χ3n) is 1.77. The minimum Gasteiger partial charge on any atom is -0.275 e. The second-order valence-corrected chi connectivity index (χ2v) is 4.75. The molecule has 0 saturated carbocycles. The van der Waals surface area contributed by atoms with Crippen molar-refractivity contribution in [3.05, 3.63) is 26.4 Å². The Labute approximate surface area is 97.3 Å². The molecule has 0 fully saturated rings. The standard InChI is InChI=1S/C10H10Cl2OS/c1-3-4-5-7-6(2)14-9(8(7)11)10(12)13/h4-5H,3H2,1-2H3/b5-4-. The molecule has 0 saturated heterocycles. The van der Waals surface area contributed by atoms with Gasteiger partial charge in [0.05, 0.1) is 5.02 Å². The lowest BCUT2D eigenvalue weighted by molar-refractivity contribution is 0.108. The van der Waals surface area contributed by atoms with Gasteiger partial charge in [-0.1, -0.05) is 30.7 Å². The van der Waals surface area contributed by atoms with Crippen molar-refractivity contribution in [3.8, 4) is 0 Å². The Hall–Kier alpha value is -0.310. The first kappa shape index (κ1) is 11.8. The lowest BCUT2D eigenvalue weighted by atomic mass is 10.2. The number of allylic oxidation sites excluding steroid dienone is 1. The predicted molar refractivity (Wildman–Crippen MR) is 63.6 cm³/mol. The molecule has 0 N–H and O–H groups in total. The molecule has 1 aromatic rings. The van der Waals surface area contributed by atoms with Gasteiger partial charge in [-0.25, -0.2) is 0 Å². The molecule has 1 nitrogen and oxygen atoms in total. The van der Waals surface area contributed by atoms with Gasteiger partial charge in [-0.15, -0.1) is 11.3 Å². The highest BCUT2D eigenvalue weighted by atomic mass is 35.5. The van der Waals surface area contributed by atoms with Crippen molar-refractivity contribution in [1.29, 1.82) is 0 Å². The van der Waals surface area contributed by atoms with Crippen LogP contribution >= 0.6 is 34.5 Å². The fraction of sp³-hybridized carbons (Fsp3) is 0.300. The van der Waals surface area contributed by atoms with Crippen molar-refractivity contribution >= 4 is 45.9 Å². The summed E-state index contributed by atoms with van der Waals surface area (Å²) in [6, 6.07) is 0. The SMILES string of the molecule is CC/C=C\c1c(C)sc(C(=O)Cl)c1Cl. The molecule has 0 aromatic carbocycles. The number of carbonyl (C=O) groups excluding carboxylic acids is 1. The van der Waals surface area contributed by atoms with Crippen LogP contribution in [-0.4, -0.2) is 5.24 Å². The highest BCUT2D eigenvalue weighted by molar-refractivity contribution is 7.16. The molecule has 0 aliphatic heterocycles. The zero-order valence-electron chi connectivity index (χ0n) is 7.93. The Balaban J connectivity index is 3.18. The lowest BCUT2D eigenvalue weighted by Gasteiger charge is -1.91. The van der Waals surface area contributed by atoms with E-state index in [1.54, 1.807) is 0 Å². The molecular formula is C10H10Cl2OS. The maximum Gasteiger partial charge on any atom is 0.263 e. The third-order valence-corrected chi connectivity index (χ3v) is 3.69. The van der Waals surface area contributed by atoms with Crippen LogP contribution in [0.3, 0.4) is 0 Å². The van der Waals surface area contributed by atoms with Gasteiger partial charge in [0.1, 0.15) is 4.88 Å². The molecule has 0 radical (unpaired) electrons. The number of thiophene rings is 1. The second kappa shape index (κ2) is 4.96. The van der Waals surface area contributed by atoms with Gasteiger partial charge in [-0.2, -0.15) is 0 Å². The summed E-state index contributed by atoms with van der Waals surface area (Å²) in [7, 11) is 0. The lowest BCUT2D eigenvalue weighted by Crippen LogP contribution is -1.82. The van der Waals surface area contributed by atoms with Gasteiger partial charge >= 0.3 is 0 Å². The molecule has 0 bridgehead atoms. The van der Waals surface area contributed by atoms with Crippen molar-refractivity contribution in [2.75, 3.05) is 0 Å². The maximum absolute atomic E-state index is 11.0. The van der Waals surface area contributed by atoms with Crippen LogP contribution in [0.4, 0.5) is 0 Å². The predicted octanol–water partition coefficient (Wildman–Crippen LogP) is 4.51. The summed E-state index contributed by atoms with van der Waals surface area (Å²) in [5.74, 6) is 0. The number of carbonyl (C=O) groups is 1. The molecule has 0 aliphatic carbocycles. The van der Waals surface area contributed by atoms with Gasteiger partial charge < -0.3 is 0 Å². The highest BCUT2D eigenvalue weighted by Crippen LogP contribution is 2.34. The summed E-state index contributed by atoms with van der Waals surface area (Å²) in [4.78, 5) is 12.4. The summed E-state index contributed by atoms with van der Waals surface area (Å²) in [5.41, 5.74) is 0.905. The van der Waals surface area contributed by atoms with Crippen molar-refractivity contribution in [3.63, 3.8) is 0 Å². The number of rotatable bonds is 3. The van der Waals surface area contributed by atoms with Crippen molar-refractivity contribution in [2.45, 2.75) is 20.3 Å². The Bertz CT molecular complexity index is 380. The van der Waals surface area contributed by atoms with Crippen LogP contribution in [0.25, 0.3) is 6.08 Å². The topological polar surface area (TPSA) is 17.1 Å². The number of hydrogen-bond donors (Lipinski definition) is 0. The van der Waals surface area contributed by atoms with Crippen LogP contribution < -0.4 is 0 Å². The van der Waals surface area contributed by atoms with E-state index in [4.69, 9.17) is 23.2 Å². The first-order chi connectivity index (χ1) is 6.57. The molecular weight excluding hydrogens is 239 g/mol. The number of halogens is 2. The normalized spacial score (nSPS) is 11.1. The summed E-state index contributed by atoms with van der Waals surface area (Å²) in [6.07, 6.45) is 4.87. The fourth-order valence-electron chi connectivity index (χ4n) is 1.08. The zero-order valence-corrected chi connectivity index (χ0v) is 10.3. The van der Waals surface area contributed by atoms with E-state index in [0.717, 1.165) is 16.9 Å². The minimum absolute atomic E-state index is 0.432. The van der Waals surface area contributed by atoms with Crippen molar-refractivity contribution in [2.24, 2.45) is 0 Å². The molecule has 0 unspecified atom stereocenters. The molecule has 0 atom stereocenters. The molecule has 1 aromatic heterocycles. The van der Waals surface area contributed by atoms with E-state index in [0.29, 0.717) is 9.90 Å². The van der Waals surface area contributed by atoms with Gasteiger partial charge in [0.2, 0.25) is 0 Å². The van der Waals surface area contributed by atoms with Gasteiger partial charge in [0.15, 0.2) is 0 Å². The number of hydrogen-bond acceptors (Lipinski definition) is 2. The molecule has 0 aliphatic rings. The van der Waals surface area contributed by atoms with E-state index in [2.05, 4.69) is 0 Å². The minimum atomic E-state index is -0.487. The first-order valence-electron chi connectivity index (χ1n) is 4.23. The fourth-order valence-corrected chi connectivity index (χ4v) is 2.67. The molecule has 1 heterocycles. The van der Waals surface area contributed by atoms with Gasteiger partial charge in [0, 0.05) is 10.4 Å². The maximum atomic E-state index is 11.0. The zero-order chi connectivity index (χ0) is 10.7. The van der Waals surface area contributed by atoms with Gasteiger partial charge in [-0.05, 0) is 24.9 Å². The monoisotopic (exact) mass is 248 g/mol. The first-order valence-corrected chi connectivity index (χ1v) is 5.80. The number of aryl methyl sites for hydroxylation is 1. The average molecular weight is 249 g/mol. The second-order valence-electron chi connectivity index (χ2n) is 2.80. The molecule has 0 spiro atoms. The quantitative estimate of drug-likeness (QED) is 0.720. The summed E-state index contributed by atoms with van der Waals surface area (Å²) < 4.78 is 0. The molecule has 14 heavy (non-hydrogen) atoms. The molecule has 1 rings (SSSR count). The largest absolute Gasteiger partial charge is 0.275 e. The molecule has 76 valence electrons. The Morgan fingerprint density at radius 3 is 2.64 bits per heavy atom. The van der Waals surface area contributed by atoms with Crippen LogP contribution in [0.5, 0.6) is 0 Å². The van der Waals surface area contributed by atoms with E-state index in [1.165, 1.54) is 11.3 Å².